The Kier molecular flexibility index (Phi) is 6.20. The Balaban J connectivity index is 1.76. The molecule has 1 aliphatic heterocycles. The summed E-state index contributed by atoms with van der Waals surface area (Å²) in [6.07, 6.45) is 2.95. The summed E-state index contributed by atoms with van der Waals surface area (Å²) < 4.78 is 10.9. The number of hydrogen-bond acceptors (Lipinski definition) is 6. The van der Waals surface area contributed by atoms with Crippen molar-refractivity contribution < 1.29 is 23.9 Å². The van der Waals surface area contributed by atoms with E-state index in [0.717, 1.165) is 4.90 Å². The van der Waals surface area contributed by atoms with Crippen LogP contribution in [0.15, 0.2) is 42.7 Å². The molecule has 0 unspecified atom stereocenters. The van der Waals surface area contributed by atoms with Crippen LogP contribution in [0.4, 0.5) is 11.4 Å². The van der Waals surface area contributed by atoms with Crippen molar-refractivity contribution in [3.8, 4) is 11.5 Å². The zero-order valence-corrected chi connectivity index (χ0v) is 17.1. The number of nitrogens with zero attached hydrogens (tertiary/aromatic N) is 2. The molecule has 0 radical (unpaired) electrons. The molecule has 0 bridgehead atoms. The number of amides is 3. The Labute approximate surface area is 174 Å². The molecule has 0 saturated heterocycles. The molecule has 0 aliphatic carbocycles. The number of carbonyl (C=O) groups excluding carboxylic acids is 3. The first-order chi connectivity index (χ1) is 14.2. The van der Waals surface area contributed by atoms with Crippen LogP contribution in [-0.2, 0) is 14.4 Å². The molecule has 158 valence electrons. The molecule has 9 nitrogen and oxygen atoms in total. The Morgan fingerprint density at radius 2 is 1.83 bits per heavy atom. The molecule has 30 heavy (non-hydrogen) atoms. The third kappa shape index (κ3) is 5.47. The number of anilines is 2. The molecule has 0 spiro atoms. The van der Waals surface area contributed by atoms with Gasteiger partial charge in [0.25, 0.3) is 0 Å². The number of fused-ring (bicyclic) bond motifs is 1. The maximum absolute atomic E-state index is 12.9. The molecule has 0 atom stereocenters. The Bertz CT molecular complexity index is 940. The molecule has 1 aromatic heterocycles. The topological polar surface area (TPSA) is 110 Å². The van der Waals surface area contributed by atoms with Crippen molar-refractivity contribution in [2.45, 2.75) is 26.3 Å². The van der Waals surface area contributed by atoms with Gasteiger partial charge in [0.1, 0.15) is 19.8 Å². The van der Waals surface area contributed by atoms with E-state index < -0.39 is 23.3 Å². The Morgan fingerprint density at radius 1 is 1.10 bits per heavy atom. The number of aromatic nitrogens is 1. The van der Waals surface area contributed by atoms with E-state index in [1.807, 2.05) is 20.8 Å². The molecule has 1 aromatic carbocycles. The van der Waals surface area contributed by atoms with Gasteiger partial charge in [-0.25, -0.2) is 0 Å². The van der Waals surface area contributed by atoms with Crippen molar-refractivity contribution in [3.05, 3.63) is 42.7 Å². The molecule has 9 heteroatoms. The van der Waals surface area contributed by atoms with Gasteiger partial charge in [-0.2, -0.15) is 0 Å². The van der Waals surface area contributed by atoms with Gasteiger partial charge in [-0.15, -0.1) is 0 Å². The minimum Gasteiger partial charge on any atom is -0.486 e. The highest BCUT2D eigenvalue weighted by Crippen LogP contribution is 2.32. The molecule has 3 rings (SSSR count). The number of carbonyl (C=O) groups is 3. The number of nitrogens with one attached hydrogen (secondary N) is 2. The van der Waals surface area contributed by atoms with Crippen LogP contribution in [0, 0.1) is 0 Å². The summed E-state index contributed by atoms with van der Waals surface area (Å²) in [7, 11) is 0. The maximum atomic E-state index is 12.9. The van der Waals surface area contributed by atoms with Crippen LogP contribution >= 0.6 is 0 Å². The standard InChI is InChI=1S/C21H24N4O5/c1-21(2,3)24-18(26)13-25(15-5-4-8-22-12-15)20(28)19(27)23-14-6-7-16-17(11-14)30-10-9-29-16/h4-8,11-12H,9-10,13H2,1-3H3,(H,23,27)(H,24,26). The fraction of sp³-hybridized carbons (Fsp3) is 0.333. The van der Waals surface area contributed by atoms with E-state index in [4.69, 9.17) is 9.47 Å². The Morgan fingerprint density at radius 3 is 2.50 bits per heavy atom. The number of rotatable bonds is 4. The predicted octanol–water partition coefficient (Wildman–Crippen LogP) is 1.74. The van der Waals surface area contributed by atoms with Gasteiger partial charge < -0.3 is 20.1 Å². The van der Waals surface area contributed by atoms with Crippen molar-refractivity contribution in [2.24, 2.45) is 0 Å². The number of hydrogen-bond donors (Lipinski definition) is 2. The predicted molar refractivity (Wildman–Crippen MR) is 111 cm³/mol. The molecular weight excluding hydrogens is 388 g/mol. The summed E-state index contributed by atoms with van der Waals surface area (Å²) in [6.45, 7) is 6.02. The third-order valence-corrected chi connectivity index (χ3v) is 4.01. The van der Waals surface area contributed by atoms with Gasteiger partial charge in [0.05, 0.1) is 11.9 Å². The highest BCUT2D eigenvalue weighted by molar-refractivity contribution is 6.44. The van der Waals surface area contributed by atoms with Crippen molar-refractivity contribution >= 4 is 29.1 Å². The number of pyridine rings is 1. The van der Waals surface area contributed by atoms with Gasteiger partial charge in [0.2, 0.25) is 5.91 Å². The smallest absolute Gasteiger partial charge is 0.317 e. The van der Waals surface area contributed by atoms with Crippen LogP contribution in [0.2, 0.25) is 0 Å². The second-order valence-corrected chi connectivity index (χ2v) is 7.71. The summed E-state index contributed by atoms with van der Waals surface area (Å²) in [4.78, 5) is 43.0. The minimum atomic E-state index is -0.890. The quantitative estimate of drug-likeness (QED) is 0.741. The van der Waals surface area contributed by atoms with E-state index in [-0.39, 0.29) is 6.54 Å². The monoisotopic (exact) mass is 412 g/mol. The average Bonchev–Trinajstić information content (AvgIpc) is 2.70. The van der Waals surface area contributed by atoms with Gasteiger partial charge in [-0.3, -0.25) is 24.3 Å². The number of ether oxygens (including phenoxy) is 2. The van der Waals surface area contributed by atoms with Gasteiger partial charge >= 0.3 is 11.8 Å². The van der Waals surface area contributed by atoms with E-state index in [0.29, 0.717) is 36.1 Å². The van der Waals surface area contributed by atoms with Crippen molar-refractivity contribution in [1.82, 2.24) is 10.3 Å². The highest BCUT2D eigenvalue weighted by atomic mass is 16.6. The zero-order valence-electron chi connectivity index (χ0n) is 17.1. The van der Waals surface area contributed by atoms with Crippen LogP contribution < -0.4 is 25.0 Å². The number of benzene rings is 1. The fourth-order valence-electron chi connectivity index (χ4n) is 2.82. The summed E-state index contributed by atoms with van der Waals surface area (Å²) in [5.41, 5.74) is 0.237. The normalized spacial score (nSPS) is 12.6. The lowest BCUT2D eigenvalue weighted by Gasteiger charge is -2.25. The fourth-order valence-corrected chi connectivity index (χ4v) is 2.82. The lowest BCUT2D eigenvalue weighted by molar-refractivity contribution is -0.135. The SMILES string of the molecule is CC(C)(C)NC(=O)CN(C(=O)C(=O)Nc1ccc2c(c1)OCCO2)c1cccnc1. The van der Waals surface area contributed by atoms with Gasteiger partial charge in [0, 0.05) is 23.5 Å². The van der Waals surface area contributed by atoms with E-state index >= 15 is 0 Å². The third-order valence-electron chi connectivity index (χ3n) is 4.01. The van der Waals surface area contributed by atoms with Crippen LogP contribution in [0.5, 0.6) is 11.5 Å². The van der Waals surface area contributed by atoms with Gasteiger partial charge in [-0.1, -0.05) is 0 Å². The van der Waals surface area contributed by atoms with E-state index in [1.165, 1.54) is 12.4 Å². The minimum absolute atomic E-state index is 0.323. The molecule has 3 amide bonds. The Hall–Kier alpha value is -3.62. The lowest BCUT2D eigenvalue weighted by atomic mass is 10.1. The molecule has 0 fully saturated rings. The van der Waals surface area contributed by atoms with E-state index in [2.05, 4.69) is 15.6 Å². The summed E-state index contributed by atoms with van der Waals surface area (Å²) >= 11 is 0. The van der Waals surface area contributed by atoms with Crippen LogP contribution in [0.25, 0.3) is 0 Å². The molecule has 2 N–H and O–H groups in total. The molecule has 2 aromatic rings. The molecule has 2 heterocycles. The highest BCUT2D eigenvalue weighted by Gasteiger charge is 2.27. The second kappa shape index (κ2) is 8.81. The van der Waals surface area contributed by atoms with Crippen molar-refractivity contribution in [2.75, 3.05) is 30.0 Å². The molecule has 1 aliphatic rings. The summed E-state index contributed by atoms with van der Waals surface area (Å²) in [5, 5.41) is 5.33. The van der Waals surface area contributed by atoms with Crippen LogP contribution in [0.1, 0.15) is 20.8 Å². The van der Waals surface area contributed by atoms with E-state index in [1.54, 1.807) is 30.3 Å². The first kappa shape index (κ1) is 21.1. The van der Waals surface area contributed by atoms with Crippen LogP contribution in [0.3, 0.4) is 0 Å². The summed E-state index contributed by atoms with van der Waals surface area (Å²) in [6, 6.07) is 8.08. The largest absolute Gasteiger partial charge is 0.486 e. The lowest BCUT2D eigenvalue weighted by Crippen LogP contribution is -2.49. The van der Waals surface area contributed by atoms with E-state index in [9.17, 15) is 14.4 Å². The second-order valence-electron chi connectivity index (χ2n) is 7.71. The van der Waals surface area contributed by atoms with Gasteiger partial charge in [-0.05, 0) is 45.0 Å². The van der Waals surface area contributed by atoms with Crippen molar-refractivity contribution in [3.63, 3.8) is 0 Å². The zero-order chi connectivity index (χ0) is 21.7. The molecule has 0 saturated carbocycles. The van der Waals surface area contributed by atoms with Crippen molar-refractivity contribution in [1.29, 1.82) is 0 Å². The average molecular weight is 412 g/mol. The first-order valence-corrected chi connectivity index (χ1v) is 9.46. The summed E-state index contributed by atoms with van der Waals surface area (Å²) in [5.74, 6) is -1.12. The van der Waals surface area contributed by atoms with Gasteiger partial charge in [0.15, 0.2) is 11.5 Å². The molecular formula is C21H24N4O5. The first-order valence-electron chi connectivity index (χ1n) is 9.46. The van der Waals surface area contributed by atoms with Crippen LogP contribution in [-0.4, -0.2) is 48.0 Å². The maximum Gasteiger partial charge on any atom is 0.317 e.